The minimum atomic E-state index is -0.996. The molecule has 0 spiro atoms. The second-order valence-electron chi connectivity index (χ2n) is 4.76. The Balaban J connectivity index is 2.25. The molecule has 0 amide bonds. The van der Waals surface area contributed by atoms with Crippen LogP contribution in [0.3, 0.4) is 0 Å². The highest BCUT2D eigenvalue weighted by molar-refractivity contribution is 7.83. The first-order chi connectivity index (χ1) is 10.4. The molecule has 0 fully saturated rings. The Hall–Kier alpha value is -1.99. The zero-order valence-electron chi connectivity index (χ0n) is 12.0. The molecule has 1 aromatic carbocycles. The molecule has 22 heavy (non-hydrogen) atoms. The van der Waals surface area contributed by atoms with Gasteiger partial charge >= 0.3 is 0 Å². The molecule has 1 unspecified atom stereocenters. The van der Waals surface area contributed by atoms with Crippen molar-refractivity contribution in [2.24, 2.45) is 0 Å². The molecule has 0 aliphatic carbocycles. The Morgan fingerprint density at radius 3 is 2.73 bits per heavy atom. The number of nitrogens with one attached hydrogen (secondary N) is 1. The molecular weight excluding hydrogens is 326 g/mol. The van der Waals surface area contributed by atoms with Crippen molar-refractivity contribution >= 4 is 39.6 Å². The van der Waals surface area contributed by atoms with Gasteiger partial charge in [-0.1, -0.05) is 11.6 Å². The summed E-state index contributed by atoms with van der Waals surface area (Å²) in [5.74, 6) is 0.857. The molecule has 116 valence electrons. The van der Waals surface area contributed by atoms with Crippen molar-refractivity contribution in [1.82, 2.24) is 4.98 Å². The van der Waals surface area contributed by atoms with Crippen LogP contribution in [0.15, 0.2) is 30.5 Å². The summed E-state index contributed by atoms with van der Waals surface area (Å²) in [4.78, 5) is 14.3. The van der Waals surface area contributed by atoms with Gasteiger partial charge in [-0.05, 0) is 36.8 Å². The molecule has 1 atom stereocenters. The first kappa shape index (κ1) is 16.4. The number of hydrogen-bond acceptors (Lipinski definition) is 5. The van der Waals surface area contributed by atoms with Crippen molar-refractivity contribution in [3.05, 3.63) is 56.7 Å². The highest BCUT2D eigenvalue weighted by Gasteiger charge is 2.12. The number of rotatable bonds is 5. The van der Waals surface area contributed by atoms with Crippen molar-refractivity contribution in [3.8, 4) is 0 Å². The third-order valence-corrected chi connectivity index (χ3v) is 4.04. The number of aryl methyl sites for hydroxylation is 1. The Morgan fingerprint density at radius 2 is 2.14 bits per heavy atom. The first-order valence-corrected chi connectivity index (χ1v) is 8.44. The Labute approximate surface area is 135 Å². The number of aromatic nitrogens is 1. The van der Waals surface area contributed by atoms with Crippen LogP contribution in [0.25, 0.3) is 0 Å². The van der Waals surface area contributed by atoms with Crippen LogP contribution >= 0.6 is 11.6 Å². The molecule has 0 aliphatic heterocycles. The van der Waals surface area contributed by atoms with E-state index >= 15 is 0 Å². The van der Waals surface area contributed by atoms with Crippen molar-refractivity contribution in [3.63, 3.8) is 0 Å². The van der Waals surface area contributed by atoms with E-state index in [1.807, 2.05) is 0 Å². The quantitative estimate of drug-likeness (QED) is 0.664. The maximum absolute atomic E-state index is 11.3. The molecule has 0 radical (unpaired) electrons. The summed E-state index contributed by atoms with van der Waals surface area (Å²) in [5, 5.41) is 14.4. The molecule has 8 heteroatoms. The van der Waals surface area contributed by atoms with E-state index in [9.17, 15) is 14.3 Å². The van der Waals surface area contributed by atoms with Crippen LogP contribution in [-0.4, -0.2) is 20.4 Å². The van der Waals surface area contributed by atoms with Crippen LogP contribution in [0, 0.1) is 17.0 Å². The Bertz CT molecular complexity index is 752. The van der Waals surface area contributed by atoms with Gasteiger partial charge in [0.15, 0.2) is 0 Å². The minimum absolute atomic E-state index is 0.0243. The van der Waals surface area contributed by atoms with Gasteiger partial charge in [0.25, 0.3) is 5.69 Å². The van der Waals surface area contributed by atoms with Gasteiger partial charge in [0.1, 0.15) is 12.0 Å². The first-order valence-electron chi connectivity index (χ1n) is 6.33. The van der Waals surface area contributed by atoms with E-state index in [-0.39, 0.29) is 5.69 Å². The summed E-state index contributed by atoms with van der Waals surface area (Å²) in [5.41, 5.74) is 1.99. The molecule has 0 saturated heterocycles. The highest BCUT2D eigenvalue weighted by atomic mass is 35.5. The van der Waals surface area contributed by atoms with Gasteiger partial charge < -0.3 is 5.32 Å². The van der Waals surface area contributed by atoms with Crippen LogP contribution in [-0.2, 0) is 16.6 Å². The number of pyridine rings is 1. The predicted octanol–water partition coefficient (Wildman–Crippen LogP) is 3.57. The molecule has 2 aromatic rings. The SMILES string of the molecule is Cc1cc(Nc2ccc(Cl)c(CS(C)=O)c2)ncc1[N+](=O)[O-]. The average molecular weight is 340 g/mol. The number of hydrogen-bond donors (Lipinski definition) is 1. The molecule has 0 saturated carbocycles. The molecular formula is C14H14ClN3O3S. The van der Waals surface area contributed by atoms with Gasteiger partial charge in [-0.2, -0.15) is 0 Å². The molecule has 2 rings (SSSR count). The fourth-order valence-corrected chi connectivity index (χ4v) is 2.88. The molecule has 0 bridgehead atoms. The van der Waals surface area contributed by atoms with Gasteiger partial charge in [-0.3, -0.25) is 14.3 Å². The zero-order valence-corrected chi connectivity index (χ0v) is 13.6. The van der Waals surface area contributed by atoms with Crippen LogP contribution in [0.5, 0.6) is 0 Å². The van der Waals surface area contributed by atoms with E-state index in [2.05, 4.69) is 10.3 Å². The third kappa shape index (κ3) is 4.02. The van der Waals surface area contributed by atoms with Gasteiger partial charge in [-0.15, -0.1) is 0 Å². The van der Waals surface area contributed by atoms with E-state index < -0.39 is 15.7 Å². The van der Waals surface area contributed by atoms with E-state index in [1.54, 1.807) is 37.4 Å². The lowest BCUT2D eigenvalue weighted by Gasteiger charge is -2.09. The van der Waals surface area contributed by atoms with Crippen LogP contribution < -0.4 is 5.32 Å². The van der Waals surface area contributed by atoms with E-state index in [0.717, 1.165) is 11.3 Å². The number of halogens is 1. The summed E-state index contributed by atoms with van der Waals surface area (Å²) in [6.07, 6.45) is 2.83. The predicted molar refractivity (Wildman–Crippen MR) is 88.1 cm³/mol. The van der Waals surface area contributed by atoms with Crippen LogP contribution in [0.2, 0.25) is 5.02 Å². The summed E-state index contributed by atoms with van der Waals surface area (Å²) in [6, 6.07) is 6.87. The lowest BCUT2D eigenvalue weighted by atomic mass is 10.2. The van der Waals surface area contributed by atoms with Crippen molar-refractivity contribution in [2.45, 2.75) is 12.7 Å². The highest BCUT2D eigenvalue weighted by Crippen LogP contribution is 2.25. The monoisotopic (exact) mass is 339 g/mol. The van der Waals surface area contributed by atoms with Crippen LogP contribution in [0.1, 0.15) is 11.1 Å². The summed E-state index contributed by atoms with van der Waals surface area (Å²) < 4.78 is 11.3. The maximum Gasteiger partial charge on any atom is 0.290 e. The molecule has 1 heterocycles. The molecule has 0 aliphatic rings. The van der Waals surface area contributed by atoms with Gasteiger partial charge in [0.2, 0.25) is 0 Å². The fraction of sp³-hybridized carbons (Fsp3) is 0.214. The zero-order chi connectivity index (χ0) is 16.3. The number of nitrogens with zero attached hydrogens (tertiary/aromatic N) is 2. The molecule has 1 aromatic heterocycles. The van der Waals surface area contributed by atoms with E-state index in [4.69, 9.17) is 11.6 Å². The van der Waals surface area contributed by atoms with Gasteiger partial charge in [0.05, 0.1) is 4.92 Å². The minimum Gasteiger partial charge on any atom is -0.340 e. The normalized spacial score (nSPS) is 12.0. The van der Waals surface area contributed by atoms with Crippen molar-refractivity contribution < 1.29 is 9.13 Å². The van der Waals surface area contributed by atoms with Gasteiger partial charge in [0, 0.05) is 39.1 Å². The van der Waals surface area contributed by atoms with E-state index in [0.29, 0.717) is 22.2 Å². The van der Waals surface area contributed by atoms with Crippen molar-refractivity contribution in [2.75, 3.05) is 11.6 Å². The average Bonchev–Trinajstić information content (AvgIpc) is 2.41. The summed E-state index contributed by atoms with van der Waals surface area (Å²) >= 11 is 6.07. The van der Waals surface area contributed by atoms with Gasteiger partial charge in [-0.25, -0.2) is 4.98 Å². The lowest BCUT2D eigenvalue weighted by Crippen LogP contribution is -1.99. The van der Waals surface area contributed by atoms with Crippen molar-refractivity contribution in [1.29, 1.82) is 0 Å². The second-order valence-corrected chi connectivity index (χ2v) is 6.60. The standard InChI is InChI=1S/C14H14ClN3O3S/c1-9-5-14(16-7-13(9)18(19)20)17-11-3-4-12(15)10(6-11)8-22(2)21/h3-7H,8H2,1-2H3,(H,16,17). The Kier molecular flexibility index (Phi) is 5.10. The third-order valence-electron chi connectivity index (χ3n) is 2.96. The summed E-state index contributed by atoms with van der Waals surface area (Å²) in [6.45, 7) is 1.65. The fourth-order valence-electron chi connectivity index (χ4n) is 1.94. The Morgan fingerprint density at radius 1 is 1.41 bits per heavy atom. The van der Waals surface area contributed by atoms with E-state index in [1.165, 1.54) is 6.20 Å². The molecule has 1 N–H and O–H groups in total. The summed E-state index contributed by atoms with van der Waals surface area (Å²) in [7, 11) is -0.996. The smallest absolute Gasteiger partial charge is 0.290 e. The molecule has 6 nitrogen and oxygen atoms in total. The number of nitro groups is 1. The largest absolute Gasteiger partial charge is 0.340 e. The number of benzene rings is 1. The second kappa shape index (κ2) is 6.85. The number of anilines is 2. The topological polar surface area (TPSA) is 85.1 Å². The maximum atomic E-state index is 11.3. The lowest BCUT2D eigenvalue weighted by molar-refractivity contribution is -0.385. The van der Waals surface area contributed by atoms with Crippen LogP contribution in [0.4, 0.5) is 17.2 Å².